The van der Waals surface area contributed by atoms with Gasteiger partial charge in [-0.05, 0) is 24.6 Å². The van der Waals surface area contributed by atoms with Gasteiger partial charge in [-0.25, -0.2) is 9.37 Å². The maximum absolute atomic E-state index is 13.3. The van der Waals surface area contributed by atoms with Crippen molar-refractivity contribution in [3.8, 4) is 0 Å². The quantitative estimate of drug-likeness (QED) is 0.879. The minimum atomic E-state index is -0.711. The van der Waals surface area contributed by atoms with E-state index in [-0.39, 0.29) is 11.6 Å². The molecule has 1 aromatic carbocycles. The normalized spacial score (nSPS) is 20.9. The molecule has 102 valence electrons. The number of fused-ring (bicyclic) bond motifs is 1. The van der Waals surface area contributed by atoms with Crippen LogP contribution in [-0.4, -0.2) is 25.7 Å². The van der Waals surface area contributed by atoms with Crippen molar-refractivity contribution in [1.82, 2.24) is 15.2 Å². The summed E-state index contributed by atoms with van der Waals surface area (Å²) >= 11 is 1.38. The number of nitrogens with one attached hydrogen (secondary N) is 1. The topological polar surface area (TPSA) is 58.6 Å². The lowest BCUT2D eigenvalue weighted by Gasteiger charge is -2.23. The highest BCUT2D eigenvalue weighted by Crippen LogP contribution is 2.48. The second-order valence-electron chi connectivity index (χ2n) is 4.67. The lowest BCUT2D eigenvalue weighted by molar-refractivity contribution is 0.0945. The largest absolute Gasteiger partial charge is 0.293 e. The molecule has 3 rings (SSSR count). The number of ketones is 1. The Morgan fingerprint density at radius 3 is 3.05 bits per heavy atom. The molecule has 0 saturated carbocycles. The first-order valence-corrected chi connectivity index (χ1v) is 6.95. The van der Waals surface area contributed by atoms with E-state index >= 15 is 0 Å². The maximum Gasteiger partial charge on any atom is 0.181 e. The van der Waals surface area contributed by atoms with Gasteiger partial charge in [0.15, 0.2) is 5.78 Å². The molecule has 1 atom stereocenters. The minimum Gasteiger partial charge on any atom is -0.293 e. The van der Waals surface area contributed by atoms with Crippen LogP contribution < -0.4 is 0 Å². The number of carbonyl (C=O) groups is 1. The molecule has 20 heavy (non-hydrogen) atoms. The fourth-order valence-corrected chi connectivity index (χ4v) is 3.89. The molecule has 4 nitrogen and oxygen atoms in total. The summed E-state index contributed by atoms with van der Waals surface area (Å²) in [5, 5.41) is 6.57. The van der Waals surface area contributed by atoms with Crippen LogP contribution in [0.15, 0.2) is 42.1 Å². The van der Waals surface area contributed by atoms with Gasteiger partial charge in [-0.1, -0.05) is 6.08 Å². The Hall–Kier alpha value is -1.95. The fourth-order valence-electron chi connectivity index (χ4n) is 2.41. The van der Waals surface area contributed by atoms with E-state index < -0.39 is 4.75 Å². The molecule has 0 aliphatic carbocycles. The van der Waals surface area contributed by atoms with Crippen molar-refractivity contribution in [2.45, 2.75) is 22.5 Å². The predicted octanol–water partition coefficient (Wildman–Crippen LogP) is 2.79. The van der Waals surface area contributed by atoms with E-state index in [1.807, 2.05) is 0 Å². The van der Waals surface area contributed by atoms with Gasteiger partial charge in [0.25, 0.3) is 0 Å². The first-order chi connectivity index (χ1) is 9.64. The highest BCUT2D eigenvalue weighted by Gasteiger charge is 2.46. The Morgan fingerprint density at radius 2 is 2.35 bits per heavy atom. The Kier molecular flexibility index (Phi) is 3.17. The van der Waals surface area contributed by atoms with E-state index in [1.165, 1.54) is 30.2 Å². The van der Waals surface area contributed by atoms with E-state index in [9.17, 15) is 9.18 Å². The molecule has 0 fully saturated rings. The average molecular weight is 289 g/mol. The van der Waals surface area contributed by atoms with Crippen molar-refractivity contribution >= 4 is 17.5 Å². The van der Waals surface area contributed by atoms with Crippen LogP contribution in [0, 0.1) is 5.82 Å². The van der Waals surface area contributed by atoms with Crippen LogP contribution in [0.1, 0.15) is 22.6 Å². The number of nitrogens with zero attached hydrogens (tertiary/aromatic N) is 2. The van der Waals surface area contributed by atoms with Gasteiger partial charge in [-0.3, -0.25) is 9.89 Å². The van der Waals surface area contributed by atoms with E-state index in [2.05, 4.69) is 21.8 Å². The Labute approximate surface area is 119 Å². The lowest BCUT2D eigenvalue weighted by Crippen LogP contribution is -2.33. The van der Waals surface area contributed by atoms with Crippen LogP contribution in [0.25, 0.3) is 0 Å². The lowest BCUT2D eigenvalue weighted by atomic mass is 9.91. The molecule has 1 aliphatic heterocycles. The molecule has 0 amide bonds. The Balaban J connectivity index is 2.01. The molecule has 1 N–H and O–H groups in total. The van der Waals surface area contributed by atoms with Crippen molar-refractivity contribution in [3.63, 3.8) is 0 Å². The summed E-state index contributed by atoms with van der Waals surface area (Å²) in [5.74, 6) is 0.299. The van der Waals surface area contributed by atoms with Crippen LogP contribution in [0.3, 0.4) is 0 Å². The molecular formula is C14H12FN3OS. The molecule has 1 aromatic heterocycles. The number of rotatable bonds is 4. The fraction of sp³-hybridized carbons (Fsp3) is 0.214. The molecular weight excluding hydrogens is 277 g/mol. The van der Waals surface area contributed by atoms with Crippen LogP contribution >= 0.6 is 11.8 Å². The standard InChI is InChI=1S/C14H12FN3OS/c1-2-5-14(7-12-16-8-17-18-12)13(19)10-4-3-9(15)6-11(10)20-14/h2-4,6,8H,1,5,7H2,(H,16,17,18). The number of aromatic nitrogens is 3. The molecule has 1 aliphatic rings. The van der Waals surface area contributed by atoms with Gasteiger partial charge in [-0.2, -0.15) is 5.10 Å². The Bertz CT molecular complexity index is 671. The summed E-state index contributed by atoms with van der Waals surface area (Å²) in [7, 11) is 0. The van der Waals surface area contributed by atoms with Crippen molar-refractivity contribution < 1.29 is 9.18 Å². The highest BCUT2D eigenvalue weighted by atomic mass is 32.2. The van der Waals surface area contributed by atoms with Crippen LogP contribution in [-0.2, 0) is 6.42 Å². The smallest absolute Gasteiger partial charge is 0.181 e. The minimum absolute atomic E-state index is 0.00574. The average Bonchev–Trinajstić information content (AvgIpc) is 2.99. The number of carbonyl (C=O) groups excluding carboxylic acids is 1. The molecule has 0 saturated heterocycles. The number of halogens is 1. The van der Waals surface area contributed by atoms with Crippen LogP contribution in [0.5, 0.6) is 0 Å². The van der Waals surface area contributed by atoms with Gasteiger partial charge >= 0.3 is 0 Å². The maximum atomic E-state index is 13.3. The van der Waals surface area contributed by atoms with Gasteiger partial charge in [0.2, 0.25) is 0 Å². The van der Waals surface area contributed by atoms with E-state index in [0.29, 0.717) is 29.1 Å². The zero-order valence-electron chi connectivity index (χ0n) is 10.6. The third-order valence-electron chi connectivity index (χ3n) is 3.30. The van der Waals surface area contributed by atoms with Crippen LogP contribution in [0.2, 0.25) is 0 Å². The second kappa shape index (κ2) is 4.86. The summed E-state index contributed by atoms with van der Waals surface area (Å²) in [5.41, 5.74) is 0.567. The summed E-state index contributed by atoms with van der Waals surface area (Å²) in [4.78, 5) is 17.5. The number of thioether (sulfide) groups is 1. The molecule has 0 spiro atoms. The summed E-state index contributed by atoms with van der Waals surface area (Å²) in [6.45, 7) is 3.73. The molecule has 1 unspecified atom stereocenters. The van der Waals surface area contributed by atoms with Crippen molar-refractivity contribution in [2.24, 2.45) is 0 Å². The first kappa shape index (κ1) is 13.1. The monoisotopic (exact) mass is 289 g/mol. The molecule has 2 aromatic rings. The number of Topliss-reactive ketones (excluding diaryl/α,β-unsaturated/α-hetero) is 1. The van der Waals surface area contributed by atoms with Crippen molar-refractivity contribution in [1.29, 1.82) is 0 Å². The number of allylic oxidation sites excluding steroid dienone is 1. The van der Waals surface area contributed by atoms with Crippen molar-refractivity contribution in [2.75, 3.05) is 0 Å². The SMILES string of the molecule is C=CCC1(Cc2ncn[nH]2)Sc2cc(F)ccc2C1=O. The number of aromatic amines is 1. The number of hydrogen-bond donors (Lipinski definition) is 1. The van der Waals surface area contributed by atoms with E-state index in [0.717, 1.165) is 0 Å². The van der Waals surface area contributed by atoms with Gasteiger partial charge in [-0.15, -0.1) is 18.3 Å². The molecule has 2 heterocycles. The van der Waals surface area contributed by atoms with Crippen LogP contribution in [0.4, 0.5) is 4.39 Å². The second-order valence-corrected chi connectivity index (χ2v) is 6.09. The number of H-pyrrole nitrogens is 1. The van der Waals surface area contributed by atoms with E-state index in [1.54, 1.807) is 12.1 Å². The summed E-state index contributed by atoms with van der Waals surface area (Å²) in [6, 6.07) is 4.27. The molecule has 0 radical (unpaired) electrons. The molecule has 0 bridgehead atoms. The number of benzene rings is 1. The zero-order chi connectivity index (χ0) is 14.2. The molecule has 6 heteroatoms. The van der Waals surface area contributed by atoms with Gasteiger partial charge in [0.05, 0.1) is 4.75 Å². The van der Waals surface area contributed by atoms with E-state index in [4.69, 9.17) is 0 Å². The van der Waals surface area contributed by atoms with Crippen molar-refractivity contribution in [3.05, 3.63) is 54.4 Å². The zero-order valence-corrected chi connectivity index (χ0v) is 11.4. The third-order valence-corrected chi connectivity index (χ3v) is 4.74. The summed E-state index contributed by atoms with van der Waals surface area (Å²) in [6.07, 6.45) is 4.03. The first-order valence-electron chi connectivity index (χ1n) is 6.13. The van der Waals surface area contributed by atoms with Gasteiger partial charge in [0.1, 0.15) is 18.0 Å². The summed E-state index contributed by atoms with van der Waals surface area (Å²) < 4.78 is 12.6. The predicted molar refractivity (Wildman–Crippen MR) is 74.2 cm³/mol. The van der Waals surface area contributed by atoms with Gasteiger partial charge < -0.3 is 0 Å². The Morgan fingerprint density at radius 1 is 1.50 bits per heavy atom. The third kappa shape index (κ3) is 2.06. The van der Waals surface area contributed by atoms with Gasteiger partial charge in [0, 0.05) is 16.9 Å². The number of hydrogen-bond acceptors (Lipinski definition) is 4. The highest BCUT2D eigenvalue weighted by molar-refractivity contribution is 8.02.